The fourth-order valence-corrected chi connectivity index (χ4v) is 3.50. The van der Waals surface area contributed by atoms with Gasteiger partial charge in [0.2, 0.25) is 5.91 Å². The highest BCUT2D eigenvalue weighted by atomic mass is 16.3. The summed E-state index contributed by atoms with van der Waals surface area (Å²) < 4.78 is 7.13. The van der Waals surface area contributed by atoms with E-state index >= 15 is 0 Å². The minimum atomic E-state index is -0.101. The van der Waals surface area contributed by atoms with Crippen LogP contribution in [0.3, 0.4) is 0 Å². The number of para-hydroxylation sites is 1. The molecule has 0 radical (unpaired) electrons. The molecule has 0 spiro atoms. The van der Waals surface area contributed by atoms with E-state index in [1.54, 1.807) is 28.0 Å². The molecule has 1 aliphatic heterocycles. The Hall–Kier alpha value is -3.35. The van der Waals surface area contributed by atoms with Crippen molar-refractivity contribution in [3.8, 4) is 17.1 Å². The van der Waals surface area contributed by atoms with Gasteiger partial charge in [0.25, 0.3) is 5.91 Å². The van der Waals surface area contributed by atoms with Crippen molar-refractivity contribution in [2.75, 3.05) is 26.2 Å². The number of nitrogens with zero attached hydrogens (tertiary/aromatic N) is 4. The fraction of sp³-hybridized carbons (Fsp3) is 0.318. The normalized spacial score (nSPS) is 14.4. The van der Waals surface area contributed by atoms with Crippen LogP contribution in [0.25, 0.3) is 17.1 Å². The first-order valence-electron chi connectivity index (χ1n) is 9.82. The molecule has 1 saturated heterocycles. The number of benzene rings is 1. The SMILES string of the molecule is CC(C)C(=O)N1CCN(C(=O)c2cc(-c3ccco3)nn2-c2ccccc2)CC1. The van der Waals surface area contributed by atoms with E-state index in [-0.39, 0.29) is 17.7 Å². The Balaban J connectivity index is 1.60. The Morgan fingerprint density at radius 3 is 2.28 bits per heavy atom. The summed E-state index contributed by atoms with van der Waals surface area (Å²) >= 11 is 0. The maximum atomic E-state index is 13.3. The maximum absolute atomic E-state index is 13.3. The Morgan fingerprint density at radius 2 is 1.66 bits per heavy atom. The van der Waals surface area contributed by atoms with Gasteiger partial charge >= 0.3 is 0 Å². The van der Waals surface area contributed by atoms with Gasteiger partial charge in [0.15, 0.2) is 5.76 Å². The number of furan rings is 1. The second-order valence-corrected chi connectivity index (χ2v) is 7.41. The summed E-state index contributed by atoms with van der Waals surface area (Å²) in [5.41, 5.74) is 1.89. The standard InChI is InChI=1S/C22H24N4O3/c1-16(2)21(27)24-10-12-25(13-11-24)22(28)19-15-18(20-9-6-14-29-20)23-26(19)17-7-4-3-5-8-17/h3-9,14-16H,10-13H2,1-2H3. The van der Waals surface area contributed by atoms with Crippen molar-refractivity contribution in [3.05, 3.63) is 60.5 Å². The summed E-state index contributed by atoms with van der Waals surface area (Å²) in [6.07, 6.45) is 1.59. The molecule has 0 aliphatic carbocycles. The van der Waals surface area contributed by atoms with E-state index in [9.17, 15) is 9.59 Å². The number of piperazine rings is 1. The summed E-state index contributed by atoms with van der Waals surface area (Å²) in [6, 6.07) is 14.9. The van der Waals surface area contributed by atoms with E-state index in [1.165, 1.54) is 0 Å². The molecule has 0 unspecified atom stereocenters. The largest absolute Gasteiger partial charge is 0.463 e. The van der Waals surface area contributed by atoms with E-state index in [0.29, 0.717) is 43.3 Å². The van der Waals surface area contributed by atoms with Crippen LogP contribution < -0.4 is 0 Å². The molecule has 2 aromatic heterocycles. The van der Waals surface area contributed by atoms with Gasteiger partial charge in [0, 0.05) is 38.2 Å². The molecule has 29 heavy (non-hydrogen) atoms. The molecule has 0 atom stereocenters. The highest BCUT2D eigenvalue weighted by Gasteiger charge is 2.28. The summed E-state index contributed by atoms with van der Waals surface area (Å²) in [5, 5.41) is 4.62. The van der Waals surface area contributed by atoms with Gasteiger partial charge in [-0.2, -0.15) is 5.10 Å². The zero-order chi connectivity index (χ0) is 20.4. The number of aromatic nitrogens is 2. The summed E-state index contributed by atoms with van der Waals surface area (Å²) in [6.45, 7) is 5.91. The maximum Gasteiger partial charge on any atom is 0.272 e. The van der Waals surface area contributed by atoms with E-state index in [1.807, 2.05) is 55.1 Å². The molecule has 4 rings (SSSR count). The molecule has 1 aliphatic rings. The lowest BCUT2D eigenvalue weighted by Crippen LogP contribution is -2.51. The molecule has 0 bridgehead atoms. The van der Waals surface area contributed by atoms with Crippen molar-refractivity contribution in [2.24, 2.45) is 5.92 Å². The van der Waals surface area contributed by atoms with Gasteiger partial charge in [0.1, 0.15) is 11.4 Å². The zero-order valence-electron chi connectivity index (χ0n) is 16.6. The van der Waals surface area contributed by atoms with Gasteiger partial charge in [-0.15, -0.1) is 0 Å². The molecule has 0 N–H and O–H groups in total. The van der Waals surface area contributed by atoms with Crippen molar-refractivity contribution < 1.29 is 14.0 Å². The average molecular weight is 392 g/mol. The molecule has 7 heteroatoms. The monoisotopic (exact) mass is 392 g/mol. The first-order valence-corrected chi connectivity index (χ1v) is 9.82. The number of amides is 2. The van der Waals surface area contributed by atoms with Crippen molar-refractivity contribution in [3.63, 3.8) is 0 Å². The molecular formula is C22H24N4O3. The highest BCUT2D eigenvalue weighted by Crippen LogP contribution is 2.23. The zero-order valence-corrected chi connectivity index (χ0v) is 16.6. The topological polar surface area (TPSA) is 71.6 Å². The molecule has 1 aromatic carbocycles. The number of rotatable bonds is 4. The molecule has 3 aromatic rings. The van der Waals surface area contributed by atoms with Gasteiger partial charge in [-0.3, -0.25) is 9.59 Å². The van der Waals surface area contributed by atoms with Crippen molar-refractivity contribution >= 4 is 11.8 Å². The van der Waals surface area contributed by atoms with Gasteiger partial charge in [-0.05, 0) is 24.3 Å². The average Bonchev–Trinajstić information content (AvgIpc) is 3.43. The van der Waals surface area contributed by atoms with Crippen LogP contribution in [0.2, 0.25) is 0 Å². The van der Waals surface area contributed by atoms with Crippen molar-refractivity contribution in [1.82, 2.24) is 19.6 Å². The smallest absolute Gasteiger partial charge is 0.272 e. The summed E-state index contributed by atoms with van der Waals surface area (Å²) in [4.78, 5) is 29.1. The third-order valence-corrected chi connectivity index (χ3v) is 5.08. The molecule has 7 nitrogen and oxygen atoms in total. The summed E-state index contributed by atoms with van der Waals surface area (Å²) in [7, 11) is 0. The Morgan fingerprint density at radius 1 is 0.966 bits per heavy atom. The van der Waals surface area contributed by atoms with Gasteiger partial charge in [0.05, 0.1) is 12.0 Å². The molecule has 1 fully saturated rings. The quantitative estimate of drug-likeness (QED) is 0.684. The van der Waals surface area contributed by atoms with Crippen LogP contribution in [0.1, 0.15) is 24.3 Å². The predicted octanol–water partition coefficient (Wildman–Crippen LogP) is 3.07. The number of carbonyl (C=O) groups is 2. The van der Waals surface area contributed by atoms with Crippen LogP contribution in [0.15, 0.2) is 59.2 Å². The Kier molecular flexibility index (Phi) is 5.20. The van der Waals surface area contributed by atoms with Gasteiger partial charge in [-0.25, -0.2) is 4.68 Å². The first-order chi connectivity index (χ1) is 14.0. The number of carbonyl (C=O) groups excluding carboxylic acids is 2. The van der Waals surface area contributed by atoms with Crippen molar-refractivity contribution in [1.29, 1.82) is 0 Å². The first kappa shape index (κ1) is 19.0. The fourth-order valence-electron chi connectivity index (χ4n) is 3.50. The predicted molar refractivity (Wildman–Crippen MR) is 109 cm³/mol. The lowest BCUT2D eigenvalue weighted by molar-refractivity contribution is -0.135. The minimum absolute atomic E-state index is 0.0346. The van der Waals surface area contributed by atoms with Crippen LogP contribution in [-0.2, 0) is 4.79 Å². The lowest BCUT2D eigenvalue weighted by atomic mass is 10.1. The Labute approximate surface area is 169 Å². The number of hydrogen-bond donors (Lipinski definition) is 0. The Bertz CT molecular complexity index is 985. The van der Waals surface area contributed by atoms with Crippen LogP contribution in [-0.4, -0.2) is 57.6 Å². The van der Waals surface area contributed by atoms with E-state index in [0.717, 1.165) is 5.69 Å². The number of hydrogen-bond acceptors (Lipinski definition) is 4. The molecule has 3 heterocycles. The third-order valence-electron chi connectivity index (χ3n) is 5.08. The van der Waals surface area contributed by atoms with Crippen LogP contribution in [0, 0.1) is 5.92 Å². The van der Waals surface area contributed by atoms with Crippen molar-refractivity contribution in [2.45, 2.75) is 13.8 Å². The van der Waals surface area contributed by atoms with Crippen LogP contribution >= 0.6 is 0 Å². The van der Waals surface area contributed by atoms with Gasteiger partial charge in [-0.1, -0.05) is 32.0 Å². The second-order valence-electron chi connectivity index (χ2n) is 7.41. The summed E-state index contributed by atoms with van der Waals surface area (Å²) in [5.74, 6) is 0.607. The van der Waals surface area contributed by atoms with E-state index in [4.69, 9.17) is 4.42 Å². The van der Waals surface area contributed by atoms with Crippen LogP contribution in [0.4, 0.5) is 0 Å². The van der Waals surface area contributed by atoms with E-state index < -0.39 is 0 Å². The highest BCUT2D eigenvalue weighted by molar-refractivity contribution is 5.94. The molecule has 0 saturated carbocycles. The van der Waals surface area contributed by atoms with Crippen LogP contribution in [0.5, 0.6) is 0 Å². The lowest BCUT2D eigenvalue weighted by Gasteiger charge is -2.35. The second kappa shape index (κ2) is 7.95. The van der Waals surface area contributed by atoms with E-state index in [2.05, 4.69) is 5.10 Å². The molecular weight excluding hydrogens is 368 g/mol. The minimum Gasteiger partial charge on any atom is -0.463 e. The van der Waals surface area contributed by atoms with Gasteiger partial charge < -0.3 is 14.2 Å². The molecule has 150 valence electrons. The molecule has 2 amide bonds. The third kappa shape index (κ3) is 3.81.